The lowest BCUT2D eigenvalue weighted by atomic mass is 10.0. The molecule has 1 nitrogen and oxygen atoms in total. The van der Waals surface area contributed by atoms with E-state index in [1.54, 1.807) is 0 Å². The van der Waals surface area contributed by atoms with E-state index in [1.165, 1.54) is 36.3 Å². The lowest BCUT2D eigenvalue weighted by Gasteiger charge is -2.22. The highest BCUT2D eigenvalue weighted by molar-refractivity contribution is 7.99. The van der Waals surface area contributed by atoms with Crippen molar-refractivity contribution in [3.05, 3.63) is 34.9 Å². The van der Waals surface area contributed by atoms with E-state index in [4.69, 9.17) is 11.6 Å². The van der Waals surface area contributed by atoms with E-state index in [9.17, 15) is 0 Å². The maximum absolute atomic E-state index is 5.93. The van der Waals surface area contributed by atoms with Gasteiger partial charge in [-0.05, 0) is 42.7 Å². The highest BCUT2D eigenvalue weighted by Gasteiger charge is 2.45. The minimum absolute atomic E-state index is 0.278. The summed E-state index contributed by atoms with van der Waals surface area (Å²) >= 11 is 7.99. The zero-order valence-corrected chi connectivity index (χ0v) is 10.8. The van der Waals surface area contributed by atoms with E-state index in [0.717, 1.165) is 5.02 Å². The van der Waals surface area contributed by atoms with Gasteiger partial charge in [0.05, 0.1) is 0 Å². The Labute approximate surface area is 106 Å². The third kappa shape index (κ3) is 2.11. The molecule has 1 atom stereocenters. The second-order valence-electron chi connectivity index (χ2n) is 4.79. The zero-order chi connectivity index (χ0) is 11.0. The van der Waals surface area contributed by atoms with Gasteiger partial charge < -0.3 is 5.32 Å². The van der Waals surface area contributed by atoms with Crippen LogP contribution in [0.15, 0.2) is 24.3 Å². The molecule has 1 aliphatic carbocycles. The van der Waals surface area contributed by atoms with Crippen LogP contribution in [0.2, 0.25) is 5.02 Å². The molecule has 1 saturated carbocycles. The first kappa shape index (κ1) is 10.9. The van der Waals surface area contributed by atoms with Gasteiger partial charge in [-0.1, -0.05) is 23.7 Å². The molecule has 1 saturated heterocycles. The summed E-state index contributed by atoms with van der Waals surface area (Å²) in [6, 6.07) is 9.06. The van der Waals surface area contributed by atoms with Crippen molar-refractivity contribution in [1.29, 1.82) is 0 Å². The molecule has 86 valence electrons. The Hall–Kier alpha value is -0.180. The van der Waals surface area contributed by atoms with E-state index >= 15 is 0 Å². The number of benzene rings is 1. The Bertz CT molecular complexity index is 366. The fraction of sp³-hybridized carbons (Fsp3) is 0.538. The van der Waals surface area contributed by atoms with Gasteiger partial charge in [0.25, 0.3) is 0 Å². The van der Waals surface area contributed by atoms with Crippen molar-refractivity contribution in [3.8, 4) is 0 Å². The molecule has 1 aromatic rings. The second kappa shape index (κ2) is 4.25. The maximum Gasteiger partial charge on any atom is 0.0438 e. The molecular weight excluding hydrogens is 238 g/mol. The Morgan fingerprint density at radius 3 is 2.56 bits per heavy atom. The maximum atomic E-state index is 5.93. The fourth-order valence-corrected chi connectivity index (χ4v) is 3.73. The SMILES string of the molecule is Clc1ccc(C2(N[C@H]3CCSC3)CC2)cc1. The molecule has 0 amide bonds. The van der Waals surface area contributed by atoms with Gasteiger partial charge in [0, 0.05) is 22.4 Å². The molecule has 0 aromatic heterocycles. The third-order valence-corrected chi connectivity index (χ3v) is 4.97. The molecule has 1 heterocycles. The largest absolute Gasteiger partial charge is 0.304 e. The van der Waals surface area contributed by atoms with E-state index in [1.807, 2.05) is 12.1 Å². The Kier molecular flexibility index (Phi) is 2.90. The number of hydrogen-bond donors (Lipinski definition) is 1. The number of halogens is 1. The molecule has 0 unspecified atom stereocenters. The Morgan fingerprint density at radius 2 is 2.00 bits per heavy atom. The number of rotatable bonds is 3. The topological polar surface area (TPSA) is 12.0 Å². The van der Waals surface area contributed by atoms with Gasteiger partial charge in [-0.2, -0.15) is 11.8 Å². The van der Waals surface area contributed by atoms with Gasteiger partial charge in [0.2, 0.25) is 0 Å². The first-order valence-electron chi connectivity index (χ1n) is 5.90. The molecule has 3 rings (SSSR count). The van der Waals surface area contributed by atoms with Crippen LogP contribution in [-0.2, 0) is 5.54 Å². The monoisotopic (exact) mass is 253 g/mol. The van der Waals surface area contributed by atoms with Crippen LogP contribution in [-0.4, -0.2) is 17.5 Å². The molecule has 16 heavy (non-hydrogen) atoms. The molecular formula is C13H16ClNS. The normalized spacial score (nSPS) is 26.9. The summed E-state index contributed by atoms with van der Waals surface area (Å²) in [7, 11) is 0. The van der Waals surface area contributed by atoms with Crippen LogP contribution >= 0.6 is 23.4 Å². The lowest BCUT2D eigenvalue weighted by Crippen LogP contribution is -2.38. The summed E-state index contributed by atoms with van der Waals surface area (Å²) in [5.74, 6) is 2.59. The summed E-state index contributed by atoms with van der Waals surface area (Å²) in [6.07, 6.45) is 3.87. The molecule has 0 radical (unpaired) electrons. The van der Waals surface area contributed by atoms with Crippen molar-refractivity contribution in [2.24, 2.45) is 0 Å². The predicted molar refractivity (Wildman–Crippen MR) is 71.2 cm³/mol. The summed E-state index contributed by atoms with van der Waals surface area (Å²) in [5.41, 5.74) is 1.69. The van der Waals surface area contributed by atoms with Crippen molar-refractivity contribution in [2.75, 3.05) is 11.5 Å². The van der Waals surface area contributed by atoms with Crippen molar-refractivity contribution in [2.45, 2.75) is 30.8 Å². The molecule has 1 aromatic carbocycles. The number of nitrogens with one attached hydrogen (secondary N) is 1. The molecule has 0 spiro atoms. The van der Waals surface area contributed by atoms with Crippen molar-refractivity contribution < 1.29 is 0 Å². The van der Waals surface area contributed by atoms with Crippen molar-refractivity contribution in [1.82, 2.24) is 5.32 Å². The molecule has 3 heteroatoms. The van der Waals surface area contributed by atoms with Crippen LogP contribution in [0.5, 0.6) is 0 Å². The smallest absolute Gasteiger partial charge is 0.0438 e. The third-order valence-electron chi connectivity index (χ3n) is 3.56. The summed E-state index contributed by atoms with van der Waals surface area (Å²) < 4.78 is 0. The van der Waals surface area contributed by atoms with Gasteiger partial charge >= 0.3 is 0 Å². The summed E-state index contributed by atoms with van der Waals surface area (Å²) in [6.45, 7) is 0. The van der Waals surface area contributed by atoms with Crippen LogP contribution in [0.4, 0.5) is 0 Å². The fourth-order valence-electron chi connectivity index (χ4n) is 2.45. The minimum atomic E-state index is 0.278. The molecule has 0 bridgehead atoms. The minimum Gasteiger partial charge on any atom is -0.304 e. The van der Waals surface area contributed by atoms with Crippen LogP contribution in [0.25, 0.3) is 0 Å². The van der Waals surface area contributed by atoms with Gasteiger partial charge in [-0.25, -0.2) is 0 Å². The standard InChI is InChI=1S/C13H16ClNS/c14-11-3-1-10(2-4-11)13(6-7-13)15-12-5-8-16-9-12/h1-4,12,15H,5-9H2/t12-/m0/s1. The van der Waals surface area contributed by atoms with Crippen molar-refractivity contribution >= 4 is 23.4 Å². The molecule has 1 N–H and O–H groups in total. The van der Waals surface area contributed by atoms with Gasteiger partial charge in [-0.3, -0.25) is 0 Å². The van der Waals surface area contributed by atoms with E-state index in [0.29, 0.717) is 6.04 Å². The quantitative estimate of drug-likeness (QED) is 0.886. The second-order valence-corrected chi connectivity index (χ2v) is 6.38. The Morgan fingerprint density at radius 1 is 1.25 bits per heavy atom. The van der Waals surface area contributed by atoms with Gasteiger partial charge in [0.1, 0.15) is 0 Å². The number of thioether (sulfide) groups is 1. The van der Waals surface area contributed by atoms with E-state index in [-0.39, 0.29) is 5.54 Å². The zero-order valence-electron chi connectivity index (χ0n) is 9.21. The first-order valence-corrected chi connectivity index (χ1v) is 7.43. The summed E-state index contributed by atoms with van der Waals surface area (Å²) in [5, 5.41) is 4.67. The number of hydrogen-bond acceptors (Lipinski definition) is 2. The lowest BCUT2D eigenvalue weighted by molar-refractivity contribution is 0.445. The van der Waals surface area contributed by atoms with Crippen LogP contribution in [0.1, 0.15) is 24.8 Å². The predicted octanol–water partition coefficient (Wildman–Crippen LogP) is 3.42. The van der Waals surface area contributed by atoms with Crippen LogP contribution in [0.3, 0.4) is 0 Å². The van der Waals surface area contributed by atoms with Gasteiger partial charge in [-0.15, -0.1) is 0 Å². The van der Waals surface area contributed by atoms with Gasteiger partial charge in [0.15, 0.2) is 0 Å². The molecule has 2 aliphatic rings. The average molecular weight is 254 g/mol. The molecule has 2 fully saturated rings. The Balaban J connectivity index is 1.74. The highest BCUT2D eigenvalue weighted by atomic mass is 35.5. The van der Waals surface area contributed by atoms with Crippen molar-refractivity contribution in [3.63, 3.8) is 0 Å². The highest BCUT2D eigenvalue weighted by Crippen LogP contribution is 2.46. The van der Waals surface area contributed by atoms with E-state index < -0.39 is 0 Å². The van der Waals surface area contributed by atoms with E-state index in [2.05, 4.69) is 29.2 Å². The molecule has 1 aliphatic heterocycles. The van der Waals surface area contributed by atoms with Crippen LogP contribution < -0.4 is 5.32 Å². The average Bonchev–Trinajstić information content (AvgIpc) is 2.88. The van der Waals surface area contributed by atoms with Crippen LogP contribution in [0, 0.1) is 0 Å². The summed E-state index contributed by atoms with van der Waals surface area (Å²) in [4.78, 5) is 0. The first-order chi connectivity index (χ1) is 7.78.